The van der Waals surface area contributed by atoms with Gasteiger partial charge in [-0.25, -0.2) is 4.21 Å². The number of hydrogen-bond donors (Lipinski definition) is 1. The van der Waals surface area contributed by atoms with Crippen molar-refractivity contribution in [2.24, 2.45) is 0 Å². The fraction of sp³-hybridized carbons (Fsp3) is 0. The number of rotatable bonds is 3. The van der Waals surface area contributed by atoms with Crippen LogP contribution in [-0.2, 0) is 11.4 Å². The minimum atomic E-state index is -2.73. The van der Waals surface area contributed by atoms with Crippen molar-refractivity contribution in [3.8, 4) is 5.75 Å². The van der Waals surface area contributed by atoms with Gasteiger partial charge in [0, 0.05) is 10.9 Å². The van der Waals surface area contributed by atoms with E-state index in [0.29, 0.717) is 22.6 Å². The van der Waals surface area contributed by atoms with Gasteiger partial charge in [0.15, 0.2) is 12.0 Å². The minimum Gasteiger partial charge on any atom is -0.740 e. The van der Waals surface area contributed by atoms with E-state index in [1.807, 2.05) is 0 Å². The van der Waals surface area contributed by atoms with E-state index in [-0.39, 0.29) is 11.4 Å². The van der Waals surface area contributed by atoms with E-state index in [2.05, 4.69) is 4.18 Å². The van der Waals surface area contributed by atoms with Gasteiger partial charge in [0.2, 0.25) is 0 Å². The van der Waals surface area contributed by atoms with Gasteiger partial charge in [-0.15, -0.1) is 0 Å². The first-order valence-electron chi connectivity index (χ1n) is 4.67. The third-order valence-electron chi connectivity index (χ3n) is 2.37. The number of aldehydes is 1. The monoisotopic (exact) mass is 250 g/mol. The summed E-state index contributed by atoms with van der Waals surface area (Å²) in [7, 11) is 0. The van der Waals surface area contributed by atoms with E-state index in [1.54, 1.807) is 24.3 Å². The zero-order valence-corrected chi connectivity index (χ0v) is 9.40. The Kier molecular flexibility index (Phi) is 3.08. The molecule has 17 heavy (non-hydrogen) atoms. The minimum absolute atomic E-state index is 0.0425. The lowest BCUT2D eigenvalue weighted by Crippen LogP contribution is -2.02. The number of benzene rings is 2. The molecule has 0 spiro atoms. The molecule has 0 aliphatic rings. The molecule has 0 aliphatic carbocycles. The fourth-order valence-corrected chi connectivity index (χ4v) is 1.92. The van der Waals surface area contributed by atoms with Crippen LogP contribution in [0.4, 0.5) is 5.69 Å². The molecule has 2 N–H and O–H groups in total. The van der Waals surface area contributed by atoms with Crippen molar-refractivity contribution in [3.05, 3.63) is 35.9 Å². The van der Waals surface area contributed by atoms with Crippen molar-refractivity contribution in [2.45, 2.75) is 0 Å². The molecular weight excluding hydrogens is 242 g/mol. The van der Waals surface area contributed by atoms with Crippen molar-refractivity contribution < 1.29 is 17.7 Å². The van der Waals surface area contributed by atoms with Crippen LogP contribution < -0.4 is 9.92 Å². The van der Waals surface area contributed by atoms with E-state index < -0.39 is 11.4 Å². The number of anilines is 1. The lowest BCUT2D eigenvalue weighted by molar-refractivity contribution is 0.112. The SMILES string of the molecule is Nc1c(OS(=O)[O-])cc(C=O)c2ccccc12. The van der Waals surface area contributed by atoms with Crippen molar-refractivity contribution in [2.75, 3.05) is 5.73 Å². The topological polar surface area (TPSA) is 92.4 Å². The van der Waals surface area contributed by atoms with Crippen LogP contribution >= 0.6 is 0 Å². The molecular formula is C11H8NO4S-. The molecule has 0 saturated heterocycles. The largest absolute Gasteiger partial charge is 0.740 e. The lowest BCUT2D eigenvalue weighted by Gasteiger charge is -2.13. The third-order valence-corrected chi connectivity index (χ3v) is 2.68. The molecule has 0 amide bonds. The van der Waals surface area contributed by atoms with Crippen LogP contribution in [0.25, 0.3) is 10.8 Å². The maximum Gasteiger partial charge on any atom is 0.163 e. The van der Waals surface area contributed by atoms with Gasteiger partial charge in [-0.05, 0) is 11.5 Å². The van der Waals surface area contributed by atoms with Gasteiger partial charge in [0.1, 0.15) is 11.4 Å². The first kappa shape index (κ1) is 11.6. The number of nitrogen functional groups attached to an aromatic ring is 1. The summed E-state index contributed by atoms with van der Waals surface area (Å²) < 4.78 is 25.5. The van der Waals surface area contributed by atoms with Gasteiger partial charge in [-0.1, -0.05) is 24.3 Å². The van der Waals surface area contributed by atoms with Crippen LogP contribution in [0.5, 0.6) is 5.75 Å². The standard InChI is InChI=1S/C11H9NO4S/c12-11-9-4-2-1-3-8(9)7(6-13)5-10(11)16-17(14)15/h1-6H,12H2,(H,14,15)/p-1. The normalized spacial score (nSPS) is 12.3. The molecule has 0 radical (unpaired) electrons. The molecule has 0 heterocycles. The van der Waals surface area contributed by atoms with Gasteiger partial charge >= 0.3 is 0 Å². The Balaban J connectivity index is 2.75. The molecule has 1 atom stereocenters. The first-order valence-corrected chi connectivity index (χ1v) is 5.67. The molecule has 2 aromatic rings. The van der Waals surface area contributed by atoms with Crippen LogP contribution in [-0.4, -0.2) is 15.0 Å². The molecule has 5 nitrogen and oxygen atoms in total. The maximum atomic E-state index is 10.9. The van der Waals surface area contributed by atoms with Gasteiger partial charge in [-0.3, -0.25) is 4.79 Å². The summed E-state index contributed by atoms with van der Waals surface area (Å²) in [4.78, 5) is 10.9. The number of carbonyl (C=O) groups is 1. The molecule has 1 unspecified atom stereocenters. The van der Waals surface area contributed by atoms with Crippen molar-refractivity contribution in [1.82, 2.24) is 0 Å². The van der Waals surface area contributed by atoms with Crippen LogP contribution in [0.1, 0.15) is 10.4 Å². The summed E-state index contributed by atoms with van der Waals surface area (Å²) in [6.45, 7) is 0. The summed E-state index contributed by atoms with van der Waals surface area (Å²) in [6, 6.07) is 8.23. The van der Waals surface area contributed by atoms with Gasteiger partial charge in [-0.2, -0.15) is 0 Å². The Bertz CT molecular complexity index is 612. The highest BCUT2D eigenvalue weighted by Gasteiger charge is 2.10. The van der Waals surface area contributed by atoms with Crippen molar-refractivity contribution >= 4 is 34.1 Å². The van der Waals surface area contributed by atoms with Crippen molar-refractivity contribution in [1.29, 1.82) is 0 Å². The number of nitrogens with two attached hydrogens (primary N) is 1. The first-order chi connectivity index (χ1) is 8.13. The highest BCUT2D eigenvalue weighted by atomic mass is 32.2. The summed E-state index contributed by atoms with van der Waals surface area (Å²) in [5.41, 5.74) is 6.30. The molecule has 88 valence electrons. The number of fused-ring (bicyclic) bond motifs is 1. The zero-order valence-electron chi connectivity index (χ0n) is 8.58. The molecule has 0 aliphatic heterocycles. The van der Waals surface area contributed by atoms with Gasteiger partial charge < -0.3 is 14.5 Å². The predicted octanol–water partition coefficient (Wildman–Crippen LogP) is 1.41. The van der Waals surface area contributed by atoms with Crippen LogP contribution in [0.15, 0.2) is 30.3 Å². The Labute approximate surface area is 99.7 Å². The lowest BCUT2D eigenvalue weighted by atomic mass is 10.0. The van der Waals surface area contributed by atoms with E-state index in [1.165, 1.54) is 6.07 Å². The summed E-state index contributed by atoms with van der Waals surface area (Å²) in [6.07, 6.45) is 0.627. The summed E-state index contributed by atoms with van der Waals surface area (Å²) in [5, 5.41) is 1.24. The highest BCUT2D eigenvalue weighted by Crippen LogP contribution is 2.33. The fourth-order valence-electron chi connectivity index (χ4n) is 1.64. The second-order valence-electron chi connectivity index (χ2n) is 3.33. The van der Waals surface area contributed by atoms with Crippen molar-refractivity contribution in [3.63, 3.8) is 0 Å². The predicted molar refractivity (Wildman–Crippen MR) is 63.3 cm³/mol. The molecule has 0 fully saturated rings. The molecule has 0 saturated carbocycles. The third kappa shape index (κ3) is 2.13. The molecule has 6 heteroatoms. The van der Waals surface area contributed by atoms with Crippen LogP contribution in [0.3, 0.4) is 0 Å². The highest BCUT2D eigenvalue weighted by molar-refractivity contribution is 7.74. The Morgan fingerprint density at radius 3 is 2.53 bits per heavy atom. The van der Waals surface area contributed by atoms with E-state index in [9.17, 15) is 13.6 Å². The van der Waals surface area contributed by atoms with E-state index >= 15 is 0 Å². The van der Waals surface area contributed by atoms with Gasteiger partial charge in [0.05, 0.1) is 5.69 Å². The second kappa shape index (κ2) is 4.52. The van der Waals surface area contributed by atoms with Gasteiger partial charge in [0.25, 0.3) is 0 Å². The van der Waals surface area contributed by atoms with Crippen LogP contribution in [0, 0.1) is 0 Å². The number of carbonyl (C=O) groups excluding carboxylic acids is 1. The molecule has 0 bridgehead atoms. The maximum absolute atomic E-state index is 10.9. The smallest absolute Gasteiger partial charge is 0.163 e. The van der Waals surface area contributed by atoms with E-state index in [4.69, 9.17) is 5.73 Å². The zero-order chi connectivity index (χ0) is 12.4. The molecule has 0 aromatic heterocycles. The Morgan fingerprint density at radius 1 is 1.29 bits per heavy atom. The van der Waals surface area contributed by atoms with Crippen LogP contribution in [0.2, 0.25) is 0 Å². The average Bonchev–Trinajstić information content (AvgIpc) is 2.32. The van der Waals surface area contributed by atoms with E-state index in [0.717, 1.165) is 0 Å². The average molecular weight is 250 g/mol. The summed E-state index contributed by atoms with van der Waals surface area (Å²) in [5.74, 6) is -0.0425. The quantitative estimate of drug-likeness (QED) is 0.505. The molecule has 2 aromatic carbocycles. The molecule has 2 rings (SSSR count). The Morgan fingerprint density at radius 2 is 1.94 bits per heavy atom. The second-order valence-corrected chi connectivity index (χ2v) is 3.90. The number of hydrogen-bond acceptors (Lipinski definition) is 5. The summed E-state index contributed by atoms with van der Waals surface area (Å²) >= 11 is -2.73. The Hall–Kier alpha value is -1.92.